The van der Waals surface area contributed by atoms with Crippen molar-refractivity contribution in [3.05, 3.63) is 56.2 Å². The lowest BCUT2D eigenvalue weighted by molar-refractivity contribution is 1.18. The Kier molecular flexibility index (Phi) is 3.49. The van der Waals surface area contributed by atoms with Gasteiger partial charge in [-0.1, -0.05) is 28.1 Å². The molecule has 1 atom stereocenters. The van der Waals surface area contributed by atoms with Crippen molar-refractivity contribution in [3.8, 4) is 0 Å². The molecule has 1 aromatic carbocycles. The van der Waals surface area contributed by atoms with Crippen LogP contribution in [-0.2, 0) is 0 Å². The first-order valence-electron chi connectivity index (χ1n) is 4.62. The zero-order valence-corrected chi connectivity index (χ0v) is 11.4. The predicted molar refractivity (Wildman–Crippen MR) is 70.9 cm³/mol. The van der Waals surface area contributed by atoms with E-state index in [1.54, 1.807) is 11.3 Å². The molecule has 1 heterocycles. The van der Waals surface area contributed by atoms with Crippen LogP contribution in [-0.4, -0.2) is 0 Å². The number of alkyl halides is 1. The monoisotopic (exact) mass is 300 g/mol. The van der Waals surface area contributed by atoms with Crippen LogP contribution in [0.3, 0.4) is 0 Å². The van der Waals surface area contributed by atoms with E-state index in [-0.39, 0.29) is 5.38 Å². The maximum atomic E-state index is 6.41. The first kappa shape index (κ1) is 11.2. The molecular formula is C12H10BrClS. The van der Waals surface area contributed by atoms with Crippen molar-refractivity contribution < 1.29 is 0 Å². The summed E-state index contributed by atoms with van der Waals surface area (Å²) in [4.78, 5) is 2.50. The molecule has 0 bridgehead atoms. The summed E-state index contributed by atoms with van der Waals surface area (Å²) in [5, 5.41) is -0.0406. The highest BCUT2D eigenvalue weighted by Crippen LogP contribution is 2.34. The van der Waals surface area contributed by atoms with Crippen LogP contribution in [0.5, 0.6) is 0 Å². The molecule has 0 aliphatic carbocycles. The maximum Gasteiger partial charge on any atom is 0.0928 e. The SMILES string of the molecule is Cc1ccc(C(Cl)c2cccc(Br)c2)s1. The molecule has 3 heteroatoms. The van der Waals surface area contributed by atoms with Gasteiger partial charge in [-0.3, -0.25) is 0 Å². The third-order valence-corrected chi connectivity index (χ3v) is 4.33. The summed E-state index contributed by atoms with van der Waals surface area (Å²) in [7, 11) is 0. The van der Waals surface area contributed by atoms with Gasteiger partial charge in [-0.05, 0) is 36.8 Å². The van der Waals surface area contributed by atoms with E-state index in [1.165, 1.54) is 9.75 Å². The number of thiophene rings is 1. The topological polar surface area (TPSA) is 0 Å². The van der Waals surface area contributed by atoms with Crippen LogP contribution in [0.15, 0.2) is 40.9 Å². The van der Waals surface area contributed by atoms with Gasteiger partial charge < -0.3 is 0 Å². The van der Waals surface area contributed by atoms with Gasteiger partial charge in [0, 0.05) is 14.2 Å². The van der Waals surface area contributed by atoms with Crippen molar-refractivity contribution >= 4 is 38.9 Å². The fraction of sp³-hybridized carbons (Fsp3) is 0.167. The smallest absolute Gasteiger partial charge is 0.0928 e. The second-order valence-corrected chi connectivity index (χ2v) is 6.04. The van der Waals surface area contributed by atoms with Gasteiger partial charge in [-0.2, -0.15) is 0 Å². The van der Waals surface area contributed by atoms with Crippen LogP contribution < -0.4 is 0 Å². The minimum atomic E-state index is -0.0406. The fourth-order valence-electron chi connectivity index (χ4n) is 1.42. The van der Waals surface area contributed by atoms with E-state index < -0.39 is 0 Å². The van der Waals surface area contributed by atoms with Crippen molar-refractivity contribution in [1.29, 1.82) is 0 Å². The molecule has 2 rings (SSSR count). The van der Waals surface area contributed by atoms with Gasteiger partial charge in [0.1, 0.15) is 0 Å². The van der Waals surface area contributed by atoms with E-state index in [0.29, 0.717) is 0 Å². The summed E-state index contributed by atoms with van der Waals surface area (Å²) in [6.45, 7) is 2.10. The second kappa shape index (κ2) is 4.69. The summed E-state index contributed by atoms with van der Waals surface area (Å²) >= 11 is 11.6. The van der Waals surface area contributed by atoms with Crippen LogP contribution in [0.2, 0.25) is 0 Å². The van der Waals surface area contributed by atoms with Gasteiger partial charge in [0.05, 0.1) is 5.38 Å². The lowest BCUT2D eigenvalue weighted by Gasteiger charge is -2.07. The summed E-state index contributed by atoms with van der Waals surface area (Å²) in [6.07, 6.45) is 0. The summed E-state index contributed by atoms with van der Waals surface area (Å²) in [5.41, 5.74) is 1.13. The lowest BCUT2D eigenvalue weighted by Crippen LogP contribution is -1.89. The first-order chi connectivity index (χ1) is 7.16. The molecule has 15 heavy (non-hydrogen) atoms. The van der Waals surface area contributed by atoms with E-state index in [9.17, 15) is 0 Å². The maximum absolute atomic E-state index is 6.41. The second-order valence-electron chi connectivity index (χ2n) is 3.37. The Hall–Kier alpha value is -0.310. The van der Waals surface area contributed by atoms with Crippen LogP contribution in [0.4, 0.5) is 0 Å². The number of halogens is 2. The van der Waals surface area contributed by atoms with Crippen molar-refractivity contribution in [2.75, 3.05) is 0 Å². The summed E-state index contributed by atoms with van der Waals surface area (Å²) < 4.78 is 1.07. The van der Waals surface area contributed by atoms with E-state index in [2.05, 4.69) is 47.1 Å². The molecule has 2 aromatic rings. The third kappa shape index (κ3) is 2.63. The van der Waals surface area contributed by atoms with E-state index in [4.69, 9.17) is 11.6 Å². The Bertz CT molecular complexity index is 464. The number of aryl methyl sites for hydroxylation is 1. The van der Waals surface area contributed by atoms with E-state index in [0.717, 1.165) is 10.0 Å². The standard InChI is InChI=1S/C12H10BrClS/c1-8-5-6-11(15-8)12(14)9-3-2-4-10(13)7-9/h2-7,12H,1H3. The summed E-state index contributed by atoms with van der Waals surface area (Å²) in [6, 6.07) is 12.3. The molecule has 1 unspecified atom stereocenters. The Labute approximate surface area is 107 Å². The minimum absolute atomic E-state index is 0.0406. The molecule has 1 aromatic heterocycles. The largest absolute Gasteiger partial charge is 0.144 e. The van der Waals surface area contributed by atoms with Crippen LogP contribution >= 0.6 is 38.9 Å². The van der Waals surface area contributed by atoms with Gasteiger partial charge in [0.25, 0.3) is 0 Å². The molecular weight excluding hydrogens is 292 g/mol. The molecule has 0 amide bonds. The molecule has 0 saturated carbocycles. The molecule has 0 radical (unpaired) electrons. The average Bonchev–Trinajstić information content (AvgIpc) is 2.64. The molecule has 0 fully saturated rings. The van der Waals surface area contributed by atoms with E-state index >= 15 is 0 Å². The van der Waals surface area contributed by atoms with Gasteiger partial charge in [-0.15, -0.1) is 22.9 Å². The predicted octanol–water partition coefficient (Wildman–Crippen LogP) is 5.15. The van der Waals surface area contributed by atoms with Gasteiger partial charge >= 0.3 is 0 Å². The molecule has 0 spiro atoms. The summed E-state index contributed by atoms with van der Waals surface area (Å²) in [5.74, 6) is 0. The van der Waals surface area contributed by atoms with Crippen molar-refractivity contribution in [2.45, 2.75) is 12.3 Å². The molecule has 0 aliphatic heterocycles. The van der Waals surface area contributed by atoms with Crippen LogP contribution in [0.1, 0.15) is 20.7 Å². The molecule has 78 valence electrons. The molecule has 0 N–H and O–H groups in total. The average molecular weight is 302 g/mol. The van der Waals surface area contributed by atoms with Crippen molar-refractivity contribution in [1.82, 2.24) is 0 Å². The zero-order valence-electron chi connectivity index (χ0n) is 8.21. The number of hydrogen-bond acceptors (Lipinski definition) is 1. The molecule has 0 saturated heterocycles. The van der Waals surface area contributed by atoms with E-state index in [1.807, 2.05) is 12.1 Å². The minimum Gasteiger partial charge on any atom is -0.144 e. The highest BCUT2D eigenvalue weighted by molar-refractivity contribution is 9.10. The number of rotatable bonds is 2. The van der Waals surface area contributed by atoms with Crippen molar-refractivity contribution in [3.63, 3.8) is 0 Å². The third-order valence-electron chi connectivity index (χ3n) is 2.15. The molecule has 0 aliphatic rings. The fourth-order valence-corrected chi connectivity index (χ4v) is 3.06. The zero-order chi connectivity index (χ0) is 10.8. The molecule has 0 nitrogen and oxygen atoms in total. The first-order valence-corrected chi connectivity index (χ1v) is 6.67. The van der Waals surface area contributed by atoms with Gasteiger partial charge in [-0.25, -0.2) is 0 Å². The Morgan fingerprint density at radius 1 is 1.27 bits per heavy atom. The highest BCUT2D eigenvalue weighted by Gasteiger charge is 2.12. The quantitative estimate of drug-likeness (QED) is 0.673. The number of hydrogen-bond donors (Lipinski definition) is 0. The lowest BCUT2D eigenvalue weighted by atomic mass is 10.1. The Morgan fingerprint density at radius 2 is 2.07 bits per heavy atom. The van der Waals surface area contributed by atoms with Crippen molar-refractivity contribution in [2.24, 2.45) is 0 Å². The van der Waals surface area contributed by atoms with Crippen LogP contribution in [0, 0.1) is 6.92 Å². The normalized spacial score (nSPS) is 12.7. The number of benzene rings is 1. The Balaban J connectivity index is 2.32. The Morgan fingerprint density at radius 3 is 2.67 bits per heavy atom. The van der Waals surface area contributed by atoms with Gasteiger partial charge in [0.15, 0.2) is 0 Å². The van der Waals surface area contributed by atoms with Gasteiger partial charge in [0.2, 0.25) is 0 Å². The van der Waals surface area contributed by atoms with Crippen LogP contribution in [0.25, 0.3) is 0 Å². The highest BCUT2D eigenvalue weighted by atomic mass is 79.9.